The molecule has 0 aliphatic heterocycles. The van der Waals surface area contributed by atoms with Crippen LogP contribution in [-0.2, 0) is 35.7 Å². The lowest BCUT2D eigenvalue weighted by Crippen LogP contribution is -2.31. The lowest BCUT2D eigenvalue weighted by Gasteiger charge is -2.12. The van der Waals surface area contributed by atoms with Gasteiger partial charge in [0.05, 0.1) is 29.6 Å². The Balaban J connectivity index is 0.000000335. The summed E-state index contributed by atoms with van der Waals surface area (Å²) < 4.78 is 95.2. The highest BCUT2D eigenvalue weighted by Crippen LogP contribution is 2.33. The highest BCUT2D eigenvalue weighted by atomic mass is 32.2. The number of sulfonamides is 2. The first kappa shape index (κ1) is 27.7. The molecule has 0 radical (unpaired) electrons. The number of amides is 2. The van der Waals surface area contributed by atoms with Crippen molar-refractivity contribution in [1.29, 1.82) is 0 Å². The van der Waals surface area contributed by atoms with E-state index < -0.39 is 48.9 Å². The summed E-state index contributed by atoms with van der Waals surface area (Å²) in [5.74, 6) is 0. The second-order valence-corrected chi connectivity index (χ2v) is 9.33. The van der Waals surface area contributed by atoms with E-state index in [1.807, 2.05) is 6.92 Å². The maximum atomic E-state index is 12.6. The first-order valence-electron chi connectivity index (χ1n) is 8.58. The van der Waals surface area contributed by atoms with Crippen molar-refractivity contribution in [2.75, 3.05) is 14.2 Å². The van der Waals surface area contributed by atoms with E-state index in [2.05, 4.69) is 9.47 Å². The number of ether oxygens (including phenoxy) is 2. The fraction of sp³-hybridized carbons (Fsp3) is 0.222. The van der Waals surface area contributed by atoms with Crippen molar-refractivity contribution in [2.24, 2.45) is 0 Å². The van der Waals surface area contributed by atoms with Crippen LogP contribution in [0.25, 0.3) is 0 Å². The number of methoxy groups -OCH3 is 2. The van der Waals surface area contributed by atoms with Gasteiger partial charge in [0.2, 0.25) is 0 Å². The SMILES string of the molecule is COC(=O)NS(=O)(=O)c1ccc(C)cc1.COC(=O)NS(=O)(=O)c1ccccc1C(F)(F)F. The molecule has 2 aromatic rings. The molecule has 33 heavy (non-hydrogen) atoms. The molecule has 0 unspecified atom stereocenters. The Bertz CT molecular complexity index is 1200. The van der Waals surface area contributed by atoms with Crippen LogP contribution >= 0.6 is 0 Å². The Morgan fingerprint density at radius 3 is 1.70 bits per heavy atom. The zero-order valence-corrected chi connectivity index (χ0v) is 19.0. The number of carbonyl (C=O) groups is 2. The van der Waals surface area contributed by atoms with Crippen LogP contribution in [0, 0.1) is 6.92 Å². The number of aryl methyl sites for hydroxylation is 1. The second-order valence-electron chi connectivity index (χ2n) is 6.00. The molecule has 0 bridgehead atoms. The molecule has 0 saturated carbocycles. The topological polar surface area (TPSA) is 145 Å². The molecule has 0 aromatic heterocycles. The Labute approximate surface area is 187 Å². The van der Waals surface area contributed by atoms with E-state index in [-0.39, 0.29) is 4.90 Å². The van der Waals surface area contributed by atoms with Gasteiger partial charge in [0.25, 0.3) is 20.0 Å². The number of benzene rings is 2. The molecule has 0 fully saturated rings. The summed E-state index contributed by atoms with van der Waals surface area (Å²) in [4.78, 5) is 20.5. The summed E-state index contributed by atoms with van der Waals surface area (Å²) in [6.45, 7) is 1.84. The van der Waals surface area contributed by atoms with Crippen LogP contribution in [0.1, 0.15) is 11.1 Å². The first-order valence-corrected chi connectivity index (χ1v) is 11.5. The van der Waals surface area contributed by atoms with Gasteiger partial charge in [-0.15, -0.1) is 0 Å². The standard InChI is InChI=1S/C9H8F3NO4S.C9H11NO4S/c1-17-8(14)13-18(15,16)7-5-3-2-4-6(7)9(10,11)12;1-7-3-5-8(6-4-7)15(12,13)10-9(11)14-2/h2-5H,1H3,(H,13,14);3-6H,1-2H3,(H,10,11). The molecule has 2 aromatic carbocycles. The van der Waals surface area contributed by atoms with Gasteiger partial charge in [-0.05, 0) is 31.2 Å². The van der Waals surface area contributed by atoms with E-state index in [0.717, 1.165) is 38.0 Å². The normalized spacial score (nSPS) is 11.5. The molecule has 2 amide bonds. The average molecular weight is 512 g/mol. The van der Waals surface area contributed by atoms with Gasteiger partial charge in [-0.1, -0.05) is 29.8 Å². The molecular weight excluding hydrogens is 493 g/mol. The molecule has 0 aliphatic carbocycles. The van der Waals surface area contributed by atoms with Crippen LogP contribution in [-0.4, -0.2) is 43.2 Å². The molecule has 0 saturated heterocycles. The zero-order valence-electron chi connectivity index (χ0n) is 17.3. The molecule has 2 rings (SSSR count). The number of halogens is 3. The second kappa shape index (κ2) is 11.0. The maximum Gasteiger partial charge on any atom is 0.420 e. The fourth-order valence-electron chi connectivity index (χ4n) is 2.07. The lowest BCUT2D eigenvalue weighted by molar-refractivity contribution is -0.139. The highest BCUT2D eigenvalue weighted by Gasteiger charge is 2.37. The Kier molecular flexibility index (Phi) is 9.24. The van der Waals surface area contributed by atoms with Gasteiger partial charge in [-0.2, -0.15) is 13.2 Å². The van der Waals surface area contributed by atoms with Gasteiger partial charge in [0.1, 0.15) is 0 Å². The molecule has 0 heterocycles. The van der Waals surface area contributed by atoms with Gasteiger partial charge in [-0.25, -0.2) is 35.9 Å². The maximum absolute atomic E-state index is 12.6. The minimum absolute atomic E-state index is 0.0264. The van der Waals surface area contributed by atoms with Crippen molar-refractivity contribution < 1.29 is 49.1 Å². The summed E-state index contributed by atoms with van der Waals surface area (Å²) in [6.07, 6.45) is -7.22. The Hall–Kier alpha value is -3.33. The van der Waals surface area contributed by atoms with Crippen molar-refractivity contribution in [1.82, 2.24) is 9.44 Å². The van der Waals surface area contributed by atoms with Crippen molar-refractivity contribution in [2.45, 2.75) is 22.9 Å². The Morgan fingerprint density at radius 1 is 0.788 bits per heavy atom. The van der Waals surface area contributed by atoms with Crippen LogP contribution in [0.15, 0.2) is 58.3 Å². The predicted molar refractivity (Wildman–Crippen MR) is 108 cm³/mol. The number of carbonyl (C=O) groups excluding carboxylic acids is 2. The van der Waals surface area contributed by atoms with Crippen molar-refractivity contribution in [3.63, 3.8) is 0 Å². The van der Waals surface area contributed by atoms with Crippen molar-refractivity contribution >= 4 is 32.2 Å². The molecule has 10 nitrogen and oxygen atoms in total. The summed E-state index contributed by atoms with van der Waals surface area (Å²) in [5.41, 5.74) is -0.423. The van der Waals surface area contributed by atoms with E-state index in [1.54, 1.807) is 16.9 Å². The third kappa shape index (κ3) is 8.27. The van der Waals surface area contributed by atoms with E-state index in [4.69, 9.17) is 0 Å². The largest absolute Gasteiger partial charge is 0.452 e. The first-order chi connectivity index (χ1) is 15.1. The summed E-state index contributed by atoms with van der Waals surface area (Å²) in [6, 6.07) is 9.62. The van der Waals surface area contributed by atoms with E-state index >= 15 is 0 Å². The lowest BCUT2D eigenvalue weighted by atomic mass is 10.2. The number of alkyl halides is 3. The van der Waals surface area contributed by atoms with Gasteiger partial charge in [-0.3, -0.25) is 0 Å². The van der Waals surface area contributed by atoms with Crippen LogP contribution in [0.2, 0.25) is 0 Å². The minimum Gasteiger partial charge on any atom is -0.452 e. The molecule has 2 N–H and O–H groups in total. The highest BCUT2D eigenvalue weighted by molar-refractivity contribution is 7.90. The average Bonchev–Trinajstić information content (AvgIpc) is 2.73. The molecule has 15 heteroatoms. The number of hydrogen-bond acceptors (Lipinski definition) is 8. The monoisotopic (exact) mass is 512 g/mol. The van der Waals surface area contributed by atoms with Gasteiger partial charge in [0.15, 0.2) is 0 Å². The number of hydrogen-bond donors (Lipinski definition) is 2. The van der Waals surface area contributed by atoms with E-state index in [0.29, 0.717) is 6.07 Å². The number of rotatable bonds is 4. The van der Waals surface area contributed by atoms with Gasteiger partial charge < -0.3 is 9.47 Å². The molecular formula is C18H19F3N2O8S2. The Morgan fingerprint density at radius 2 is 1.24 bits per heavy atom. The van der Waals surface area contributed by atoms with Crippen LogP contribution < -0.4 is 9.44 Å². The quantitative estimate of drug-likeness (QED) is 0.636. The smallest absolute Gasteiger partial charge is 0.420 e. The summed E-state index contributed by atoms with van der Waals surface area (Å²) >= 11 is 0. The van der Waals surface area contributed by atoms with Crippen molar-refractivity contribution in [3.8, 4) is 0 Å². The van der Waals surface area contributed by atoms with Gasteiger partial charge in [0, 0.05) is 0 Å². The molecule has 0 aliphatic rings. The third-order valence-electron chi connectivity index (χ3n) is 3.62. The fourth-order valence-corrected chi connectivity index (χ4v) is 4.13. The van der Waals surface area contributed by atoms with E-state index in [9.17, 15) is 39.6 Å². The zero-order chi connectivity index (χ0) is 25.4. The summed E-state index contributed by atoms with van der Waals surface area (Å²) in [5, 5.41) is 0. The summed E-state index contributed by atoms with van der Waals surface area (Å²) in [7, 11) is -6.46. The molecule has 0 atom stereocenters. The van der Waals surface area contributed by atoms with Gasteiger partial charge >= 0.3 is 18.4 Å². The van der Waals surface area contributed by atoms with Crippen LogP contribution in [0.4, 0.5) is 22.8 Å². The van der Waals surface area contributed by atoms with Crippen LogP contribution in [0.3, 0.4) is 0 Å². The minimum atomic E-state index is -4.85. The van der Waals surface area contributed by atoms with Crippen molar-refractivity contribution in [3.05, 3.63) is 59.7 Å². The van der Waals surface area contributed by atoms with E-state index in [1.165, 1.54) is 16.9 Å². The number of nitrogens with one attached hydrogen (secondary N) is 2. The molecule has 182 valence electrons. The predicted octanol–water partition coefficient (Wildman–Crippen LogP) is 2.79. The third-order valence-corrected chi connectivity index (χ3v) is 6.32. The molecule has 0 spiro atoms. The van der Waals surface area contributed by atoms with Crippen LogP contribution in [0.5, 0.6) is 0 Å².